The van der Waals surface area contributed by atoms with E-state index in [1.165, 1.54) is 11.8 Å². The van der Waals surface area contributed by atoms with Crippen LogP contribution in [0.3, 0.4) is 0 Å². The molecule has 0 fully saturated rings. The lowest BCUT2D eigenvalue weighted by atomic mass is 10.3. The molecular weight excluding hydrogens is 328 g/mol. The lowest BCUT2D eigenvalue weighted by Crippen LogP contribution is -2.14. The molecule has 0 bridgehead atoms. The number of carbonyl (C=O) groups excluding carboxylic acids is 1. The number of carbonyl (C=O) groups is 1. The lowest BCUT2D eigenvalue weighted by Gasteiger charge is -2.10. The SMILES string of the molecule is COCCOc1ccc(NC(=O)CSc2nncn2C(C)C)cc1. The number of aromatic nitrogens is 3. The highest BCUT2D eigenvalue weighted by Crippen LogP contribution is 2.20. The van der Waals surface area contributed by atoms with E-state index >= 15 is 0 Å². The van der Waals surface area contributed by atoms with Gasteiger partial charge in [-0.3, -0.25) is 4.79 Å². The Morgan fingerprint density at radius 1 is 1.29 bits per heavy atom. The van der Waals surface area contributed by atoms with Gasteiger partial charge in [-0.1, -0.05) is 11.8 Å². The fourth-order valence-electron chi connectivity index (χ4n) is 1.89. The van der Waals surface area contributed by atoms with E-state index in [4.69, 9.17) is 9.47 Å². The Morgan fingerprint density at radius 2 is 2.04 bits per heavy atom. The minimum Gasteiger partial charge on any atom is -0.491 e. The van der Waals surface area contributed by atoms with Crippen molar-refractivity contribution in [3.63, 3.8) is 0 Å². The Kier molecular flexibility index (Phi) is 7.07. The summed E-state index contributed by atoms with van der Waals surface area (Å²) in [5.74, 6) is 0.924. The van der Waals surface area contributed by atoms with Crippen molar-refractivity contribution in [2.75, 3.05) is 31.4 Å². The molecule has 0 radical (unpaired) electrons. The van der Waals surface area contributed by atoms with Gasteiger partial charge in [0.25, 0.3) is 0 Å². The second kappa shape index (κ2) is 9.29. The predicted molar refractivity (Wildman–Crippen MR) is 93.6 cm³/mol. The first-order valence-electron chi connectivity index (χ1n) is 7.64. The number of hydrogen-bond acceptors (Lipinski definition) is 6. The molecular formula is C16H22N4O3S. The average Bonchev–Trinajstić information content (AvgIpc) is 3.04. The van der Waals surface area contributed by atoms with Gasteiger partial charge < -0.3 is 19.4 Å². The standard InChI is InChI=1S/C16H22N4O3S/c1-12(2)20-11-17-19-16(20)24-10-15(21)18-13-4-6-14(7-5-13)23-9-8-22-3/h4-7,11-12H,8-10H2,1-3H3,(H,18,21). The largest absolute Gasteiger partial charge is 0.491 e. The molecule has 0 saturated carbocycles. The second-order valence-electron chi connectivity index (χ2n) is 5.32. The van der Waals surface area contributed by atoms with Crippen molar-refractivity contribution in [1.82, 2.24) is 14.8 Å². The summed E-state index contributed by atoms with van der Waals surface area (Å²) in [6.07, 6.45) is 1.67. The summed E-state index contributed by atoms with van der Waals surface area (Å²) in [6.45, 7) is 5.12. The van der Waals surface area contributed by atoms with Gasteiger partial charge in [0.05, 0.1) is 12.4 Å². The number of hydrogen-bond donors (Lipinski definition) is 1. The smallest absolute Gasteiger partial charge is 0.234 e. The third kappa shape index (κ3) is 5.54. The zero-order chi connectivity index (χ0) is 17.4. The van der Waals surface area contributed by atoms with Crippen molar-refractivity contribution in [2.24, 2.45) is 0 Å². The summed E-state index contributed by atoms with van der Waals surface area (Å²) in [7, 11) is 1.63. The molecule has 1 aromatic heterocycles. The van der Waals surface area contributed by atoms with Gasteiger partial charge in [0.2, 0.25) is 5.91 Å². The van der Waals surface area contributed by atoms with Gasteiger partial charge >= 0.3 is 0 Å². The van der Waals surface area contributed by atoms with E-state index in [9.17, 15) is 4.79 Å². The first kappa shape index (κ1) is 18.3. The van der Waals surface area contributed by atoms with E-state index in [1.807, 2.05) is 30.5 Å². The molecule has 1 heterocycles. The van der Waals surface area contributed by atoms with E-state index in [0.717, 1.165) is 16.6 Å². The van der Waals surface area contributed by atoms with E-state index in [2.05, 4.69) is 15.5 Å². The Hall–Kier alpha value is -2.06. The van der Waals surface area contributed by atoms with Crippen molar-refractivity contribution in [2.45, 2.75) is 25.0 Å². The van der Waals surface area contributed by atoms with Gasteiger partial charge in [0.1, 0.15) is 18.7 Å². The minimum atomic E-state index is -0.0913. The van der Waals surface area contributed by atoms with Crippen LogP contribution in [-0.4, -0.2) is 46.7 Å². The number of nitrogens with one attached hydrogen (secondary N) is 1. The van der Waals surface area contributed by atoms with Crippen LogP contribution in [0.1, 0.15) is 19.9 Å². The number of rotatable bonds is 9. The first-order valence-corrected chi connectivity index (χ1v) is 8.62. The molecule has 1 N–H and O–H groups in total. The number of anilines is 1. The maximum absolute atomic E-state index is 12.0. The summed E-state index contributed by atoms with van der Waals surface area (Å²) in [4.78, 5) is 12.0. The molecule has 8 heteroatoms. The topological polar surface area (TPSA) is 78.3 Å². The molecule has 2 aromatic rings. The molecule has 0 atom stereocenters. The van der Waals surface area contributed by atoms with Crippen LogP contribution in [0.5, 0.6) is 5.75 Å². The van der Waals surface area contributed by atoms with Gasteiger partial charge in [0.15, 0.2) is 5.16 Å². The highest BCUT2D eigenvalue weighted by atomic mass is 32.2. The van der Waals surface area contributed by atoms with Crippen LogP contribution in [0.15, 0.2) is 35.7 Å². The Morgan fingerprint density at radius 3 is 2.71 bits per heavy atom. The molecule has 1 amide bonds. The van der Waals surface area contributed by atoms with Crippen LogP contribution in [-0.2, 0) is 9.53 Å². The maximum atomic E-state index is 12.0. The second-order valence-corrected chi connectivity index (χ2v) is 6.26. The number of methoxy groups -OCH3 is 1. The summed E-state index contributed by atoms with van der Waals surface area (Å²) in [5, 5.41) is 11.5. The Balaban J connectivity index is 1.80. The van der Waals surface area contributed by atoms with Gasteiger partial charge in [-0.15, -0.1) is 10.2 Å². The highest BCUT2D eigenvalue weighted by Gasteiger charge is 2.10. The number of benzene rings is 1. The monoisotopic (exact) mass is 350 g/mol. The van der Waals surface area contributed by atoms with E-state index in [1.54, 1.807) is 25.6 Å². The van der Waals surface area contributed by atoms with Crippen molar-refractivity contribution < 1.29 is 14.3 Å². The summed E-state index contributed by atoms with van der Waals surface area (Å²) in [5.41, 5.74) is 0.727. The van der Waals surface area contributed by atoms with Crippen LogP contribution >= 0.6 is 11.8 Å². The molecule has 0 aliphatic rings. The quantitative estimate of drug-likeness (QED) is 0.553. The van der Waals surface area contributed by atoms with Crippen LogP contribution < -0.4 is 10.1 Å². The highest BCUT2D eigenvalue weighted by molar-refractivity contribution is 7.99. The van der Waals surface area contributed by atoms with Crippen LogP contribution in [0, 0.1) is 0 Å². The number of ether oxygens (including phenoxy) is 2. The first-order chi connectivity index (χ1) is 11.6. The molecule has 0 saturated heterocycles. The lowest BCUT2D eigenvalue weighted by molar-refractivity contribution is -0.113. The molecule has 0 unspecified atom stereocenters. The Bertz CT molecular complexity index is 643. The van der Waals surface area contributed by atoms with Crippen molar-refractivity contribution in [3.05, 3.63) is 30.6 Å². The summed E-state index contributed by atoms with van der Waals surface area (Å²) < 4.78 is 12.3. The van der Waals surface area contributed by atoms with E-state index < -0.39 is 0 Å². The molecule has 2 rings (SSSR count). The number of nitrogens with zero attached hydrogens (tertiary/aromatic N) is 3. The summed E-state index contributed by atoms with van der Waals surface area (Å²) >= 11 is 1.36. The predicted octanol–water partition coefficient (Wildman–Crippen LogP) is 2.62. The molecule has 0 aliphatic carbocycles. The zero-order valence-electron chi connectivity index (χ0n) is 14.1. The van der Waals surface area contributed by atoms with Crippen LogP contribution in [0.2, 0.25) is 0 Å². The average molecular weight is 350 g/mol. The van der Waals surface area contributed by atoms with E-state index in [0.29, 0.717) is 13.2 Å². The Labute approximate surface area is 145 Å². The van der Waals surface area contributed by atoms with Crippen molar-refractivity contribution in [1.29, 1.82) is 0 Å². The zero-order valence-corrected chi connectivity index (χ0v) is 14.9. The number of thioether (sulfide) groups is 1. The summed E-state index contributed by atoms with van der Waals surface area (Å²) in [6, 6.07) is 7.50. The fourth-order valence-corrected chi connectivity index (χ4v) is 2.74. The van der Waals surface area contributed by atoms with Crippen LogP contribution in [0.4, 0.5) is 5.69 Å². The van der Waals surface area contributed by atoms with Crippen molar-refractivity contribution in [3.8, 4) is 5.75 Å². The molecule has 1 aromatic carbocycles. The van der Waals surface area contributed by atoms with Gasteiger partial charge in [-0.25, -0.2) is 0 Å². The molecule has 0 spiro atoms. The minimum absolute atomic E-state index is 0.0913. The van der Waals surface area contributed by atoms with Gasteiger partial charge in [-0.2, -0.15) is 0 Å². The molecule has 24 heavy (non-hydrogen) atoms. The number of amides is 1. The molecule has 130 valence electrons. The molecule has 0 aliphatic heterocycles. The molecule has 7 nitrogen and oxygen atoms in total. The van der Waals surface area contributed by atoms with Gasteiger partial charge in [-0.05, 0) is 38.1 Å². The maximum Gasteiger partial charge on any atom is 0.234 e. The fraction of sp³-hybridized carbons (Fsp3) is 0.438. The normalized spacial score (nSPS) is 10.8. The third-order valence-electron chi connectivity index (χ3n) is 3.12. The van der Waals surface area contributed by atoms with Gasteiger partial charge in [0, 0.05) is 18.8 Å². The van der Waals surface area contributed by atoms with Crippen LogP contribution in [0.25, 0.3) is 0 Å². The third-order valence-corrected chi connectivity index (χ3v) is 4.08. The van der Waals surface area contributed by atoms with E-state index in [-0.39, 0.29) is 17.7 Å². The van der Waals surface area contributed by atoms with Crippen molar-refractivity contribution >= 4 is 23.4 Å².